The first-order valence-electron chi connectivity index (χ1n) is 8.41. The number of hydrogen-bond donors (Lipinski definition) is 2. The highest BCUT2D eigenvalue weighted by molar-refractivity contribution is 5.68. The lowest BCUT2D eigenvalue weighted by molar-refractivity contribution is 0.209. The molecule has 0 unspecified atom stereocenters. The summed E-state index contributed by atoms with van der Waals surface area (Å²) in [5.74, 6) is -0.0584. The summed E-state index contributed by atoms with van der Waals surface area (Å²) in [5, 5.41) is 12.6. The van der Waals surface area contributed by atoms with Crippen molar-refractivity contribution in [1.82, 2.24) is 10.3 Å². The van der Waals surface area contributed by atoms with E-state index in [2.05, 4.69) is 43.2 Å². The van der Waals surface area contributed by atoms with E-state index >= 15 is 0 Å². The van der Waals surface area contributed by atoms with Gasteiger partial charge >= 0.3 is 0 Å². The second-order valence-electron chi connectivity index (χ2n) is 6.81. The Morgan fingerprint density at radius 2 is 1.75 bits per heavy atom. The SMILES string of the molecule is Cc1cc(C)c(-c2ccc(F)c(CN[C@@H](CO)C(C)C)n2)c(C)c1. The van der Waals surface area contributed by atoms with Crippen LogP contribution in [0.2, 0.25) is 0 Å². The van der Waals surface area contributed by atoms with Crippen LogP contribution in [0.4, 0.5) is 4.39 Å². The number of aryl methyl sites for hydroxylation is 3. The molecule has 0 fully saturated rings. The Morgan fingerprint density at radius 1 is 1.12 bits per heavy atom. The fraction of sp³-hybridized carbons (Fsp3) is 0.450. The van der Waals surface area contributed by atoms with Gasteiger partial charge in [0, 0.05) is 18.2 Å². The molecule has 0 aliphatic heterocycles. The van der Waals surface area contributed by atoms with Crippen LogP contribution in [-0.2, 0) is 6.54 Å². The fourth-order valence-corrected chi connectivity index (χ4v) is 3.07. The average Bonchev–Trinajstić information content (AvgIpc) is 2.49. The summed E-state index contributed by atoms with van der Waals surface area (Å²) < 4.78 is 14.1. The predicted octanol–water partition coefficient (Wildman–Crippen LogP) is 3.92. The maximum absolute atomic E-state index is 14.1. The average molecular weight is 330 g/mol. The first kappa shape index (κ1) is 18.6. The van der Waals surface area contributed by atoms with E-state index in [1.165, 1.54) is 11.6 Å². The summed E-state index contributed by atoms with van der Waals surface area (Å²) in [7, 11) is 0. The smallest absolute Gasteiger partial charge is 0.146 e. The Kier molecular flexibility index (Phi) is 6.08. The Balaban J connectivity index is 2.32. The standard InChI is InChI=1S/C20H27FN2O/c1-12(2)19(11-24)22-10-18-16(21)6-7-17(23-18)20-14(4)8-13(3)9-15(20)5/h6-9,12,19,22,24H,10-11H2,1-5H3/t19-/m0/s1. The third kappa shape index (κ3) is 4.19. The summed E-state index contributed by atoms with van der Waals surface area (Å²) in [6.07, 6.45) is 0. The molecule has 1 atom stereocenters. The molecule has 130 valence electrons. The van der Waals surface area contributed by atoms with E-state index in [0.717, 1.165) is 22.4 Å². The summed E-state index contributed by atoms with van der Waals surface area (Å²) in [6, 6.07) is 7.37. The molecule has 0 saturated heterocycles. The van der Waals surface area contributed by atoms with E-state index < -0.39 is 0 Å². The number of hydrogen-bond acceptors (Lipinski definition) is 3. The summed E-state index contributed by atoms with van der Waals surface area (Å²) in [5.41, 5.74) is 5.71. The lowest BCUT2D eigenvalue weighted by Crippen LogP contribution is -2.37. The molecule has 24 heavy (non-hydrogen) atoms. The van der Waals surface area contributed by atoms with Gasteiger partial charge in [-0.15, -0.1) is 0 Å². The molecule has 4 heteroatoms. The van der Waals surface area contributed by atoms with E-state index in [0.29, 0.717) is 12.2 Å². The summed E-state index contributed by atoms with van der Waals surface area (Å²) in [4.78, 5) is 4.54. The van der Waals surface area contributed by atoms with Gasteiger partial charge in [-0.25, -0.2) is 9.37 Å². The topological polar surface area (TPSA) is 45.1 Å². The van der Waals surface area contributed by atoms with Crippen molar-refractivity contribution >= 4 is 0 Å². The zero-order valence-electron chi connectivity index (χ0n) is 15.2. The van der Waals surface area contributed by atoms with Crippen LogP contribution in [0.1, 0.15) is 36.2 Å². The van der Waals surface area contributed by atoms with Crippen LogP contribution in [-0.4, -0.2) is 22.7 Å². The van der Waals surface area contributed by atoms with Gasteiger partial charge < -0.3 is 10.4 Å². The monoisotopic (exact) mass is 330 g/mol. The van der Waals surface area contributed by atoms with Gasteiger partial charge in [0.1, 0.15) is 5.82 Å². The molecule has 0 aliphatic carbocycles. The molecule has 2 N–H and O–H groups in total. The van der Waals surface area contributed by atoms with Crippen molar-refractivity contribution in [3.05, 3.63) is 52.5 Å². The lowest BCUT2D eigenvalue weighted by atomic mass is 9.97. The minimum absolute atomic E-state index is 0.0230. The van der Waals surface area contributed by atoms with Crippen molar-refractivity contribution in [3.63, 3.8) is 0 Å². The van der Waals surface area contributed by atoms with Gasteiger partial charge in [0.05, 0.1) is 18.0 Å². The van der Waals surface area contributed by atoms with Crippen LogP contribution >= 0.6 is 0 Å². The molecule has 2 aromatic rings. The highest BCUT2D eigenvalue weighted by atomic mass is 19.1. The number of nitrogens with zero attached hydrogens (tertiary/aromatic N) is 1. The third-order valence-electron chi connectivity index (χ3n) is 4.38. The number of aliphatic hydroxyl groups is 1. The van der Waals surface area contributed by atoms with E-state index in [1.807, 2.05) is 13.8 Å². The second kappa shape index (κ2) is 7.86. The van der Waals surface area contributed by atoms with Gasteiger partial charge in [-0.3, -0.25) is 0 Å². The fourth-order valence-electron chi connectivity index (χ4n) is 3.07. The van der Waals surface area contributed by atoms with Crippen molar-refractivity contribution in [2.75, 3.05) is 6.61 Å². The van der Waals surface area contributed by atoms with Crippen LogP contribution < -0.4 is 5.32 Å². The first-order chi connectivity index (χ1) is 11.3. The van der Waals surface area contributed by atoms with Crippen LogP contribution in [0.25, 0.3) is 11.3 Å². The Bertz CT molecular complexity index is 690. The van der Waals surface area contributed by atoms with Gasteiger partial charge in [-0.05, 0) is 49.9 Å². The van der Waals surface area contributed by atoms with Gasteiger partial charge in [0.15, 0.2) is 0 Å². The summed E-state index contributed by atoms with van der Waals surface area (Å²) >= 11 is 0. The largest absolute Gasteiger partial charge is 0.395 e. The molecule has 0 bridgehead atoms. The number of benzene rings is 1. The molecule has 3 nitrogen and oxygen atoms in total. The summed E-state index contributed by atoms with van der Waals surface area (Å²) in [6.45, 7) is 10.5. The van der Waals surface area contributed by atoms with Crippen molar-refractivity contribution in [2.24, 2.45) is 5.92 Å². The molecular formula is C20H27FN2O. The van der Waals surface area contributed by atoms with Crippen LogP contribution in [0.3, 0.4) is 0 Å². The zero-order chi connectivity index (χ0) is 17.9. The molecular weight excluding hydrogens is 303 g/mol. The Morgan fingerprint density at radius 3 is 2.29 bits per heavy atom. The molecule has 2 rings (SSSR count). The van der Waals surface area contributed by atoms with Crippen molar-refractivity contribution < 1.29 is 9.50 Å². The normalized spacial score (nSPS) is 12.7. The molecule has 0 aliphatic rings. The number of pyridine rings is 1. The molecule has 1 aromatic carbocycles. The molecule has 0 amide bonds. The highest BCUT2D eigenvalue weighted by Crippen LogP contribution is 2.27. The number of rotatable bonds is 6. The molecule has 0 spiro atoms. The minimum atomic E-state index is -0.325. The van der Waals surface area contributed by atoms with E-state index in [-0.39, 0.29) is 24.4 Å². The number of aliphatic hydroxyl groups excluding tert-OH is 1. The predicted molar refractivity (Wildman–Crippen MR) is 96.4 cm³/mol. The van der Waals surface area contributed by atoms with Crippen molar-refractivity contribution in [1.29, 1.82) is 0 Å². The quantitative estimate of drug-likeness (QED) is 0.844. The second-order valence-corrected chi connectivity index (χ2v) is 6.81. The lowest BCUT2D eigenvalue weighted by Gasteiger charge is -2.20. The first-order valence-corrected chi connectivity index (χ1v) is 8.41. The molecule has 1 heterocycles. The highest BCUT2D eigenvalue weighted by Gasteiger charge is 2.15. The Labute approximate surface area is 144 Å². The van der Waals surface area contributed by atoms with Crippen LogP contribution in [0, 0.1) is 32.5 Å². The maximum Gasteiger partial charge on any atom is 0.146 e. The number of halogens is 1. The van der Waals surface area contributed by atoms with Gasteiger partial charge in [-0.1, -0.05) is 31.5 Å². The minimum Gasteiger partial charge on any atom is -0.395 e. The van der Waals surface area contributed by atoms with Crippen molar-refractivity contribution in [2.45, 2.75) is 47.2 Å². The maximum atomic E-state index is 14.1. The molecule has 0 saturated carbocycles. The third-order valence-corrected chi connectivity index (χ3v) is 4.38. The van der Waals surface area contributed by atoms with Gasteiger partial charge in [-0.2, -0.15) is 0 Å². The van der Waals surface area contributed by atoms with E-state index in [9.17, 15) is 9.50 Å². The molecule has 1 aromatic heterocycles. The molecule has 0 radical (unpaired) electrons. The van der Waals surface area contributed by atoms with E-state index in [1.54, 1.807) is 6.07 Å². The van der Waals surface area contributed by atoms with E-state index in [4.69, 9.17) is 0 Å². The van der Waals surface area contributed by atoms with Crippen LogP contribution in [0.5, 0.6) is 0 Å². The van der Waals surface area contributed by atoms with Crippen LogP contribution in [0.15, 0.2) is 24.3 Å². The van der Waals surface area contributed by atoms with Gasteiger partial charge in [0.2, 0.25) is 0 Å². The van der Waals surface area contributed by atoms with Crippen molar-refractivity contribution in [3.8, 4) is 11.3 Å². The Hall–Kier alpha value is -1.78. The number of nitrogens with one attached hydrogen (secondary N) is 1. The zero-order valence-corrected chi connectivity index (χ0v) is 15.2. The van der Waals surface area contributed by atoms with Gasteiger partial charge in [0.25, 0.3) is 0 Å². The number of aromatic nitrogens is 1.